The Labute approximate surface area is 182 Å². The van der Waals surface area contributed by atoms with Gasteiger partial charge in [0.1, 0.15) is 5.82 Å². The number of nitrogens with zero attached hydrogens (tertiary/aromatic N) is 2. The van der Waals surface area contributed by atoms with Crippen LogP contribution in [-0.2, 0) is 11.2 Å². The summed E-state index contributed by atoms with van der Waals surface area (Å²) in [5.41, 5.74) is 3.22. The van der Waals surface area contributed by atoms with Crippen LogP contribution in [0.15, 0.2) is 60.8 Å². The van der Waals surface area contributed by atoms with E-state index in [1.54, 1.807) is 16.8 Å². The highest BCUT2D eigenvalue weighted by atomic mass is 35.5. The fourth-order valence-electron chi connectivity index (χ4n) is 3.71. The highest BCUT2D eigenvalue weighted by Crippen LogP contribution is 2.24. The van der Waals surface area contributed by atoms with E-state index in [2.05, 4.69) is 15.7 Å². The van der Waals surface area contributed by atoms with Crippen LogP contribution in [0.25, 0.3) is 16.9 Å². The Morgan fingerprint density at radius 3 is 2.63 bits per heavy atom. The summed E-state index contributed by atoms with van der Waals surface area (Å²) in [5.74, 6) is 0.328. The van der Waals surface area contributed by atoms with Crippen molar-refractivity contribution in [3.63, 3.8) is 0 Å². The van der Waals surface area contributed by atoms with Crippen molar-refractivity contribution in [2.24, 2.45) is 5.92 Å². The molecule has 30 heavy (non-hydrogen) atoms. The largest absolute Gasteiger partial charge is 0.356 e. The molecule has 1 amide bonds. The Kier molecular flexibility index (Phi) is 7.60. The first-order chi connectivity index (χ1) is 14.2. The van der Waals surface area contributed by atoms with E-state index in [1.165, 1.54) is 18.6 Å². The van der Waals surface area contributed by atoms with Crippen molar-refractivity contribution >= 4 is 18.3 Å². The molecule has 2 N–H and O–H groups in total. The van der Waals surface area contributed by atoms with Crippen molar-refractivity contribution in [3.8, 4) is 16.9 Å². The molecule has 4 rings (SSSR count). The first-order valence-electron chi connectivity index (χ1n) is 10.1. The molecule has 2 aromatic carbocycles. The molecule has 0 radical (unpaired) electrons. The number of carbonyl (C=O) groups excluding carboxylic acids is 1. The number of hydrogen-bond donors (Lipinski definition) is 2. The number of halogens is 2. The lowest BCUT2D eigenvalue weighted by Crippen LogP contribution is -2.27. The van der Waals surface area contributed by atoms with Gasteiger partial charge in [-0.15, -0.1) is 12.4 Å². The van der Waals surface area contributed by atoms with Crippen LogP contribution >= 0.6 is 12.4 Å². The highest BCUT2D eigenvalue weighted by Gasteiger charge is 2.17. The van der Waals surface area contributed by atoms with E-state index < -0.39 is 0 Å². The lowest BCUT2D eigenvalue weighted by Gasteiger charge is -2.09. The van der Waals surface area contributed by atoms with Gasteiger partial charge in [-0.05, 0) is 68.2 Å². The van der Waals surface area contributed by atoms with Gasteiger partial charge in [-0.3, -0.25) is 4.79 Å². The molecule has 0 spiro atoms. The summed E-state index contributed by atoms with van der Waals surface area (Å²) >= 11 is 0. The molecule has 1 saturated heterocycles. The van der Waals surface area contributed by atoms with Gasteiger partial charge in [0.15, 0.2) is 0 Å². The number of para-hydroxylation sites is 1. The second kappa shape index (κ2) is 10.4. The van der Waals surface area contributed by atoms with Gasteiger partial charge < -0.3 is 10.6 Å². The Morgan fingerprint density at radius 1 is 1.17 bits per heavy atom. The molecule has 7 heteroatoms. The third kappa shape index (κ3) is 5.46. The minimum atomic E-state index is -0.295. The second-order valence-electron chi connectivity index (χ2n) is 7.46. The molecule has 158 valence electrons. The quantitative estimate of drug-likeness (QED) is 0.602. The zero-order valence-electron chi connectivity index (χ0n) is 16.7. The molecule has 1 atom stereocenters. The van der Waals surface area contributed by atoms with Crippen LogP contribution < -0.4 is 10.6 Å². The predicted molar refractivity (Wildman–Crippen MR) is 119 cm³/mol. The minimum absolute atomic E-state index is 0. The first kappa shape index (κ1) is 22.0. The van der Waals surface area contributed by atoms with Crippen LogP contribution in [-0.4, -0.2) is 35.3 Å². The van der Waals surface area contributed by atoms with Crippen molar-refractivity contribution in [2.75, 3.05) is 19.6 Å². The monoisotopic (exact) mass is 428 g/mol. The average molecular weight is 429 g/mol. The molecule has 1 aromatic heterocycles. The first-order valence-corrected chi connectivity index (χ1v) is 10.1. The Balaban J connectivity index is 0.00000256. The summed E-state index contributed by atoms with van der Waals surface area (Å²) in [6.45, 7) is 2.79. The van der Waals surface area contributed by atoms with Gasteiger partial charge in [0.2, 0.25) is 5.91 Å². The van der Waals surface area contributed by atoms with Gasteiger partial charge >= 0.3 is 0 Å². The fraction of sp³-hybridized carbons (Fsp3) is 0.304. The van der Waals surface area contributed by atoms with Gasteiger partial charge in [-0.2, -0.15) is 5.10 Å². The summed E-state index contributed by atoms with van der Waals surface area (Å²) < 4.78 is 15.1. The molecule has 2 heterocycles. The maximum absolute atomic E-state index is 13.4. The third-order valence-electron chi connectivity index (χ3n) is 5.32. The van der Waals surface area contributed by atoms with Crippen LogP contribution in [0.2, 0.25) is 0 Å². The van der Waals surface area contributed by atoms with E-state index in [9.17, 15) is 9.18 Å². The summed E-state index contributed by atoms with van der Waals surface area (Å²) in [7, 11) is 0. The summed E-state index contributed by atoms with van der Waals surface area (Å²) in [6, 6.07) is 16.0. The molecule has 1 unspecified atom stereocenters. The topological polar surface area (TPSA) is 59.0 Å². The predicted octanol–water partition coefficient (Wildman–Crippen LogP) is 3.76. The molecule has 1 aliphatic heterocycles. The molecule has 0 saturated carbocycles. The number of benzene rings is 2. The average Bonchev–Trinajstić information content (AvgIpc) is 3.40. The highest BCUT2D eigenvalue weighted by molar-refractivity contribution is 5.85. The molecule has 3 aromatic rings. The zero-order chi connectivity index (χ0) is 20.1. The van der Waals surface area contributed by atoms with Crippen LogP contribution in [0.4, 0.5) is 4.39 Å². The molecule has 5 nitrogen and oxygen atoms in total. The van der Waals surface area contributed by atoms with Crippen molar-refractivity contribution in [2.45, 2.75) is 19.3 Å². The smallest absolute Gasteiger partial charge is 0.224 e. The SMILES string of the molecule is Cl.O=C(Cc1cn(-c2ccccc2)nc1-c1ccc(F)cc1)NCCC1CCNC1. The molecule has 1 aliphatic rings. The van der Waals surface area contributed by atoms with Gasteiger partial charge in [0, 0.05) is 23.9 Å². The lowest BCUT2D eigenvalue weighted by atomic mass is 10.0. The maximum atomic E-state index is 13.4. The molecule has 0 aliphatic carbocycles. The zero-order valence-corrected chi connectivity index (χ0v) is 17.5. The summed E-state index contributed by atoms with van der Waals surface area (Å²) in [4.78, 5) is 12.5. The summed E-state index contributed by atoms with van der Waals surface area (Å²) in [6.07, 6.45) is 4.29. The number of amides is 1. The van der Waals surface area contributed by atoms with Crippen molar-refractivity contribution in [1.29, 1.82) is 0 Å². The Morgan fingerprint density at radius 2 is 1.93 bits per heavy atom. The van der Waals surface area contributed by atoms with Crippen LogP contribution in [0.1, 0.15) is 18.4 Å². The molecular weight excluding hydrogens is 403 g/mol. The fourth-order valence-corrected chi connectivity index (χ4v) is 3.71. The van der Waals surface area contributed by atoms with Gasteiger partial charge in [-0.25, -0.2) is 9.07 Å². The normalized spacial score (nSPS) is 15.6. The number of carbonyl (C=O) groups is 1. The van der Waals surface area contributed by atoms with E-state index in [0.29, 0.717) is 18.2 Å². The Hall–Kier alpha value is -2.70. The Bertz CT molecular complexity index is 953. The van der Waals surface area contributed by atoms with Crippen molar-refractivity contribution in [1.82, 2.24) is 20.4 Å². The van der Waals surface area contributed by atoms with Gasteiger partial charge in [0.05, 0.1) is 17.8 Å². The molecule has 0 bridgehead atoms. The van der Waals surface area contributed by atoms with Gasteiger partial charge in [0.25, 0.3) is 0 Å². The van der Waals surface area contributed by atoms with Crippen molar-refractivity contribution < 1.29 is 9.18 Å². The number of aromatic nitrogens is 2. The van der Waals surface area contributed by atoms with Crippen LogP contribution in [0, 0.1) is 11.7 Å². The van der Waals surface area contributed by atoms with Crippen LogP contribution in [0.5, 0.6) is 0 Å². The maximum Gasteiger partial charge on any atom is 0.224 e. The van der Waals surface area contributed by atoms with E-state index in [1.807, 2.05) is 36.5 Å². The number of rotatable bonds is 7. The van der Waals surface area contributed by atoms with E-state index in [4.69, 9.17) is 0 Å². The van der Waals surface area contributed by atoms with E-state index in [0.717, 1.165) is 36.3 Å². The van der Waals surface area contributed by atoms with E-state index in [-0.39, 0.29) is 30.6 Å². The van der Waals surface area contributed by atoms with Crippen LogP contribution in [0.3, 0.4) is 0 Å². The standard InChI is InChI=1S/C23H25FN4O.ClH/c24-20-8-6-18(7-9-20)23-19(16-28(27-23)21-4-2-1-3-5-21)14-22(29)26-13-11-17-10-12-25-15-17;/h1-9,16-17,25H,10-15H2,(H,26,29);1H. The minimum Gasteiger partial charge on any atom is -0.356 e. The second-order valence-corrected chi connectivity index (χ2v) is 7.46. The van der Waals surface area contributed by atoms with Gasteiger partial charge in [-0.1, -0.05) is 18.2 Å². The number of nitrogens with one attached hydrogen (secondary N) is 2. The van der Waals surface area contributed by atoms with E-state index >= 15 is 0 Å². The lowest BCUT2D eigenvalue weighted by molar-refractivity contribution is -0.120. The van der Waals surface area contributed by atoms with Crippen molar-refractivity contribution in [3.05, 3.63) is 72.2 Å². The third-order valence-corrected chi connectivity index (χ3v) is 5.32. The number of hydrogen-bond acceptors (Lipinski definition) is 3. The molecule has 1 fully saturated rings. The summed E-state index contributed by atoms with van der Waals surface area (Å²) in [5, 5.41) is 11.1. The molecular formula is C23H26ClFN4O.